The minimum atomic E-state index is -4.77. The molecule has 0 aliphatic rings. The fraction of sp³-hybridized carbons (Fsp3) is 0.476. The number of hydrogen-bond donors (Lipinski definition) is 3. The minimum Gasteiger partial charge on any atom is -0.394 e. The number of allylic oxidation sites excluding steroid dienone is 1. The zero-order valence-corrected chi connectivity index (χ0v) is 18.7. The summed E-state index contributed by atoms with van der Waals surface area (Å²) in [6, 6.07) is 7.02. The number of nitrogens with zero attached hydrogens (tertiary/aromatic N) is 1. The molecule has 30 heavy (non-hydrogen) atoms. The third-order valence-corrected chi connectivity index (χ3v) is 5.37. The molecular formula is C21H31F3N4OS. The van der Waals surface area contributed by atoms with Crippen molar-refractivity contribution in [2.75, 3.05) is 24.7 Å². The maximum atomic E-state index is 13.2. The van der Waals surface area contributed by atoms with E-state index in [-0.39, 0.29) is 11.4 Å². The Labute approximate surface area is 180 Å². The summed E-state index contributed by atoms with van der Waals surface area (Å²) in [6.07, 6.45) is -0.135. The molecule has 0 heterocycles. The van der Waals surface area contributed by atoms with E-state index in [9.17, 15) is 18.0 Å². The molecule has 0 atom stereocenters. The lowest BCUT2D eigenvalue weighted by molar-refractivity contribution is -0.112. The number of amides is 1. The SMILES string of the molecule is CCCCCN(CC)/C(N)=C(C(=O)Nc1cccc(SC)c1)/C(C)=C(\N)C(F)(F)F. The van der Waals surface area contributed by atoms with E-state index in [0.29, 0.717) is 18.8 Å². The number of thioether (sulfide) groups is 1. The highest BCUT2D eigenvalue weighted by molar-refractivity contribution is 7.98. The van der Waals surface area contributed by atoms with E-state index < -0.39 is 23.4 Å². The van der Waals surface area contributed by atoms with Gasteiger partial charge < -0.3 is 21.7 Å². The molecule has 9 heteroatoms. The van der Waals surface area contributed by atoms with Crippen LogP contribution in [0.15, 0.2) is 51.8 Å². The van der Waals surface area contributed by atoms with Crippen molar-refractivity contribution in [2.24, 2.45) is 11.5 Å². The second kappa shape index (κ2) is 11.8. The van der Waals surface area contributed by atoms with E-state index in [1.54, 1.807) is 23.1 Å². The van der Waals surface area contributed by atoms with Gasteiger partial charge in [-0.05, 0) is 50.3 Å². The van der Waals surface area contributed by atoms with Crippen LogP contribution in [0.1, 0.15) is 40.0 Å². The Bertz CT molecular complexity index is 791. The fourth-order valence-corrected chi connectivity index (χ4v) is 3.34. The van der Waals surface area contributed by atoms with Gasteiger partial charge in [0.25, 0.3) is 5.91 Å². The van der Waals surface area contributed by atoms with Crippen molar-refractivity contribution < 1.29 is 18.0 Å². The van der Waals surface area contributed by atoms with Crippen LogP contribution in [0.3, 0.4) is 0 Å². The van der Waals surface area contributed by atoms with Crippen molar-refractivity contribution in [1.82, 2.24) is 4.90 Å². The largest absolute Gasteiger partial charge is 0.430 e. The first-order valence-electron chi connectivity index (χ1n) is 9.80. The molecule has 1 aromatic carbocycles. The molecule has 0 unspecified atom stereocenters. The van der Waals surface area contributed by atoms with Gasteiger partial charge in [-0.1, -0.05) is 25.8 Å². The summed E-state index contributed by atoms with van der Waals surface area (Å²) in [5.74, 6) is -0.749. The number of anilines is 1. The quantitative estimate of drug-likeness (QED) is 0.208. The predicted molar refractivity (Wildman–Crippen MR) is 118 cm³/mol. The van der Waals surface area contributed by atoms with Crippen molar-refractivity contribution >= 4 is 23.4 Å². The Morgan fingerprint density at radius 3 is 2.40 bits per heavy atom. The molecule has 5 N–H and O–H groups in total. The van der Waals surface area contributed by atoms with Crippen LogP contribution in [0.2, 0.25) is 0 Å². The molecule has 0 aromatic heterocycles. The van der Waals surface area contributed by atoms with E-state index in [0.717, 1.165) is 24.2 Å². The summed E-state index contributed by atoms with van der Waals surface area (Å²) in [5, 5.41) is 2.66. The summed E-state index contributed by atoms with van der Waals surface area (Å²) in [4.78, 5) is 15.6. The van der Waals surface area contributed by atoms with Crippen molar-refractivity contribution in [1.29, 1.82) is 0 Å². The first-order valence-corrected chi connectivity index (χ1v) is 11.0. The van der Waals surface area contributed by atoms with Crippen molar-refractivity contribution in [3.63, 3.8) is 0 Å². The molecule has 0 spiro atoms. The number of carbonyl (C=O) groups is 1. The van der Waals surface area contributed by atoms with Gasteiger partial charge in [0.05, 0.1) is 5.57 Å². The lowest BCUT2D eigenvalue weighted by atomic mass is 10.0. The molecule has 1 rings (SSSR count). The molecule has 0 fully saturated rings. The van der Waals surface area contributed by atoms with Crippen molar-refractivity contribution in [2.45, 2.75) is 51.1 Å². The number of halogens is 3. The van der Waals surface area contributed by atoms with Gasteiger partial charge in [0.15, 0.2) is 0 Å². The number of nitrogens with two attached hydrogens (primary N) is 2. The minimum absolute atomic E-state index is 0.0168. The number of alkyl halides is 3. The number of unbranched alkanes of at least 4 members (excludes halogenated alkanes) is 2. The van der Waals surface area contributed by atoms with Gasteiger partial charge in [-0.3, -0.25) is 4.79 Å². The summed E-state index contributed by atoms with van der Waals surface area (Å²) < 4.78 is 39.7. The molecule has 0 aliphatic carbocycles. The fourth-order valence-electron chi connectivity index (χ4n) is 2.88. The molecule has 1 amide bonds. The molecule has 168 valence electrons. The predicted octanol–water partition coefficient (Wildman–Crippen LogP) is 4.82. The van der Waals surface area contributed by atoms with Gasteiger partial charge in [-0.15, -0.1) is 11.8 Å². The molecule has 5 nitrogen and oxygen atoms in total. The van der Waals surface area contributed by atoms with Gasteiger partial charge in [0.2, 0.25) is 0 Å². The summed E-state index contributed by atoms with van der Waals surface area (Å²) >= 11 is 1.48. The number of carbonyl (C=O) groups excluding carboxylic acids is 1. The van der Waals surface area contributed by atoms with Crippen LogP contribution in [0.25, 0.3) is 0 Å². The van der Waals surface area contributed by atoms with Crippen LogP contribution in [0.4, 0.5) is 18.9 Å². The van der Waals surface area contributed by atoms with Gasteiger partial charge in [0.1, 0.15) is 11.5 Å². The summed E-state index contributed by atoms with van der Waals surface area (Å²) in [7, 11) is 0. The van der Waals surface area contributed by atoms with Crippen LogP contribution in [-0.2, 0) is 4.79 Å². The number of nitrogens with one attached hydrogen (secondary N) is 1. The van der Waals surface area contributed by atoms with E-state index >= 15 is 0 Å². The van der Waals surface area contributed by atoms with Crippen molar-refractivity contribution in [3.05, 3.63) is 46.9 Å². The van der Waals surface area contributed by atoms with E-state index in [4.69, 9.17) is 11.5 Å². The van der Waals surface area contributed by atoms with Gasteiger partial charge >= 0.3 is 6.18 Å². The van der Waals surface area contributed by atoms with Crippen LogP contribution in [0.5, 0.6) is 0 Å². The number of rotatable bonds is 10. The first-order chi connectivity index (χ1) is 14.1. The Hall–Kier alpha value is -2.29. The highest BCUT2D eigenvalue weighted by Crippen LogP contribution is 2.29. The number of benzene rings is 1. The third-order valence-electron chi connectivity index (χ3n) is 4.65. The van der Waals surface area contributed by atoms with Crippen LogP contribution in [-0.4, -0.2) is 36.3 Å². The third kappa shape index (κ3) is 7.19. The van der Waals surface area contributed by atoms with Crippen molar-refractivity contribution in [3.8, 4) is 0 Å². The molecule has 0 bridgehead atoms. The zero-order valence-electron chi connectivity index (χ0n) is 17.9. The Morgan fingerprint density at radius 2 is 1.87 bits per heavy atom. The van der Waals surface area contributed by atoms with Crippen LogP contribution in [0, 0.1) is 0 Å². The van der Waals surface area contributed by atoms with E-state index in [2.05, 4.69) is 5.32 Å². The molecule has 1 aromatic rings. The van der Waals surface area contributed by atoms with Gasteiger partial charge in [-0.25, -0.2) is 0 Å². The van der Waals surface area contributed by atoms with E-state index in [1.807, 2.05) is 26.2 Å². The maximum Gasteiger partial charge on any atom is 0.430 e. The smallest absolute Gasteiger partial charge is 0.394 e. The first kappa shape index (κ1) is 25.7. The molecular weight excluding hydrogens is 413 g/mol. The van der Waals surface area contributed by atoms with Crippen LogP contribution >= 0.6 is 11.8 Å². The highest BCUT2D eigenvalue weighted by atomic mass is 32.2. The van der Waals surface area contributed by atoms with Crippen LogP contribution < -0.4 is 16.8 Å². The lowest BCUT2D eigenvalue weighted by Crippen LogP contribution is -2.34. The molecule has 0 aliphatic heterocycles. The number of hydrogen-bond acceptors (Lipinski definition) is 5. The average Bonchev–Trinajstić information content (AvgIpc) is 2.70. The standard InChI is InChI=1S/C21H31F3N4OS/c1-5-7-8-12-28(6-2)19(26)17(14(3)18(25)21(22,23)24)20(29)27-15-10-9-11-16(13-15)30-4/h9-11,13H,5-8,12,25-26H2,1-4H3,(H,27,29)/b18-14-,19-17-. The Morgan fingerprint density at radius 1 is 1.20 bits per heavy atom. The van der Waals surface area contributed by atoms with Gasteiger partial charge in [0, 0.05) is 23.7 Å². The lowest BCUT2D eigenvalue weighted by Gasteiger charge is -2.26. The molecule has 0 radical (unpaired) electrons. The normalized spacial score (nSPS) is 13.4. The second-order valence-corrected chi connectivity index (χ2v) is 7.65. The van der Waals surface area contributed by atoms with E-state index in [1.165, 1.54) is 18.7 Å². The summed E-state index contributed by atoms with van der Waals surface area (Å²) in [6.45, 7) is 6.04. The maximum absolute atomic E-state index is 13.2. The average molecular weight is 445 g/mol. The molecule has 0 saturated carbocycles. The monoisotopic (exact) mass is 444 g/mol. The second-order valence-electron chi connectivity index (χ2n) is 6.77. The highest BCUT2D eigenvalue weighted by Gasteiger charge is 2.35. The Balaban J connectivity index is 3.42. The molecule has 0 saturated heterocycles. The zero-order chi connectivity index (χ0) is 22.9. The summed E-state index contributed by atoms with van der Waals surface area (Å²) in [5.41, 5.74) is 10.0. The topological polar surface area (TPSA) is 84.4 Å². The Kier molecular flexibility index (Phi) is 10.1. The van der Waals surface area contributed by atoms with Gasteiger partial charge in [-0.2, -0.15) is 13.2 Å².